The van der Waals surface area contributed by atoms with Crippen molar-refractivity contribution in [2.75, 3.05) is 6.61 Å². The van der Waals surface area contributed by atoms with Gasteiger partial charge in [0.25, 0.3) is 0 Å². The maximum atomic E-state index is 13.1. The summed E-state index contributed by atoms with van der Waals surface area (Å²) in [7, 11) is 0. The van der Waals surface area contributed by atoms with Crippen LogP contribution in [-0.2, 0) is 23.9 Å². The highest BCUT2D eigenvalue weighted by Gasteiger charge is 2.87. The van der Waals surface area contributed by atoms with Crippen molar-refractivity contribution < 1.29 is 40.6 Å². The first-order chi connectivity index (χ1) is 15.8. The average molecular weight is 479 g/mol. The van der Waals surface area contributed by atoms with E-state index in [1.54, 1.807) is 39.8 Å². The van der Waals surface area contributed by atoms with Gasteiger partial charge in [-0.3, -0.25) is 14.4 Å². The molecule has 4 rings (SSSR count). The van der Waals surface area contributed by atoms with Gasteiger partial charge in [0, 0.05) is 49.8 Å². The molecule has 2 fully saturated rings. The lowest BCUT2D eigenvalue weighted by molar-refractivity contribution is -0.228. The maximum absolute atomic E-state index is 13.1. The monoisotopic (exact) mass is 478 g/mol. The number of Topliss-reactive ketones (excluding diaryl/α,β-unsaturated/α-hetero) is 1. The lowest BCUT2D eigenvalue weighted by atomic mass is 9.59. The molecule has 0 aromatic carbocycles. The molecule has 1 unspecified atom stereocenters. The van der Waals surface area contributed by atoms with Crippen LogP contribution in [0.25, 0.3) is 0 Å². The van der Waals surface area contributed by atoms with Gasteiger partial charge < -0.3 is 24.8 Å². The Hall–Kier alpha value is -2.03. The van der Waals surface area contributed by atoms with Crippen molar-refractivity contribution in [2.24, 2.45) is 29.1 Å². The number of aliphatic hydroxyl groups excluding tert-OH is 1. The molecule has 0 amide bonds. The van der Waals surface area contributed by atoms with Crippen LogP contribution in [0.15, 0.2) is 23.3 Å². The van der Waals surface area contributed by atoms with Crippen LogP contribution in [-0.4, -0.2) is 62.6 Å². The van der Waals surface area contributed by atoms with Gasteiger partial charge >= 0.3 is 11.9 Å². The van der Waals surface area contributed by atoms with Crippen LogP contribution in [0.1, 0.15) is 62.2 Å². The van der Waals surface area contributed by atoms with E-state index in [-0.39, 0.29) is 27.3 Å². The summed E-state index contributed by atoms with van der Waals surface area (Å²) < 4.78 is 12.0. The van der Waals surface area contributed by atoms with E-state index in [1.807, 2.05) is 13.8 Å². The smallest absolute Gasteiger partial charge is 0.306 e. The second-order valence-corrected chi connectivity index (χ2v) is 11.0. The number of carbonyl (C=O) groups excluding carboxylic acids is 3. The van der Waals surface area contributed by atoms with Crippen molar-refractivity contribution in [2.45, 2.75) is 83.7 Å². The molecule has 0 spiro atoms. The fourth-order valence-corrected chi connectivity index (χ4v) is 7.31. The highest BCUT2D eigenvalue weighted by atomic mass is 16.6. The first kappa shape index (κ1) is 25.1. The summed E-state index contributed by atoms with van der Waals surface area (Å²) in [5.41, 5.74) is -4.69. The van der Waals surface area contributed by atoms with Crippen molar-refractivity contribution >= 4 is 17.7 Å². The highest BCUT2D eigenvalue weighted by molar-refractivity contribution is 6.04. The van der Waals surface area contributed by atoms with E-state index in [2.05, 4.69) is 0 Å². The van der Waals surface area contributed by atoms with Gasteiger partial charge in [-0.15, -0.1) is 0 Å². The Labute approximate surface area is 201 Å². The molecular formula is C26H38O8. The first-order valence-electron chi connectivity index (χ1n) is 12.2. The van der Waals surface area contributed by atoms with Gasteiger partial charge in [0.2, 0.25) is 0 Å². The molecule has 0 heterocycles. The Morgan fingerprint density at radius 3 is 2.32 bits per heavy atom. The third-order valence-corrected chi connectivity index (χ3v) is 9.08. The zero-order valence-electron chi connectivity index (χ0n) is 20.8. The lowest BCUT2D eigenvalue weighted by Gasteiger charge is -2.53. The van der Waals surface area contributed by atoms with Crippen molar-refractivity contribution in [3.8, 4) is 0 Å². The summed E-state index contributed by atoms with van der Waals surface area (Å²) >= 11 is 0. The van der Waals surface area contributed by atoms with Crippen LogP contribution >= 0.6 is 0 Å². The minimum atomic E-state index is -1.92. The largest absolute Gasteiger partial charge is 0.458 e. The molecule has 0 bridgehead atoms. The Balaban J connectivity index is 0.00000342. The van der Waals surface area contributed by atoms with E-state index in [0.717, 1.165) is 0 Å². The molecule has 0 radical (unpaired) electrons. The van der Waals surface area contributed by atoms with Crippen LogP contribution < -0.4 is 0 Å². The molecular weight excluding hydrogens is 440 g/mol. The van der Waals surface area contributed by atoms with Crippen LogP contribution in [0.3, 0.4) is 0 Å². The fourth-order valence-electron chi connectivity index (χ4n) is 7.31. The second-order valence-electron chi connectivity index (χ2n) is 11.0. The van der Waals surface area contributed by atoms with Gasteiger partial charge in [-0.2, -0.15) is 0 Å². The number of carbonyl (C=O) groups is 3. The maximum Gasteiger partial charge on any atom is 0.306 e. The minimum Gasteiger partial charge on any atom is -0.458 e. The van der Waals surface area contributed by atoms with Crippen LogP contribution in [0.5, 0.6) is 0 Å². The SMILES string of the molecule is CCC(=O)O[C@@H]1[C@@H](C)[C@@]2(O)[C@@H](C=C(CO)C[C@]3(O)C(=O)C(C)=C[C@@H]23)C2C(C)(C)[C@@]21OC(=O)CC.[HH]. The molecule has 34 heavy (non-hydrogen) atoms. The fraction of sp³-hybridized carbons (Fsp3) is 0.731. The number of ketones is 1. The number of hydrogen-bond acceptors (Lipinski definition) is 8. The van der Waals surface area contributed by atoms with Crippen molar-refractivity contribution in [1.29, 1.82) is 0 Å². The van der Waals surface area contributed by atoms with Gasteiger partial charge in [0.15, 0.2) is 11.4 Å². The van der Waals surface area contributed by atoms with E-state index in [9.17, 15) is 29.7 Å². The van der Waals surface area contributed by atoms with Crippen molar-refractivity contribution in [3.63, 3.8) is 0 Å². The van der Waals surface area contributed by atoms with Gasteiger partial charge in [-0.05, 0) is 18.1 Å². The molecule has 0 saturated heterocycles. The quantitative estimate of drug-likeness (QED) is 0.405. The Bertz CT molecular complexity index is 1000. The first-order valence-corrected chi connectivity index (χ1v) is 12.2. The number of fused-ring (bicyclic) bond motifs is 5. The summed E-state index contributed by atoms with van der Waals surface area (Å²) in [6, 6.07) is 0. The zero-order valence-corrected chi connectivity index (χ0v) is 20.8. The molecule has 190 valence electrons. The topological polar surface area (TPSA) is 130 Å². The summed E-state index contributed by atoms with van der Waals surface area (Å²) in [6.45, 7) is 10.1. The van der Waals surface area contributed by atoms with Crippen LogP contribution in [0.2, 0.25) is 0 Å². The molecule has 2 saturated carbocycles. The van der Waals surface area contributed by atoms with Crippen molar-refractivity contribution in [1.82, 2.24) is 0 Å². The molecule has 0 aromatic rings. The normalized spacial score (nSPS) is 44.0. The number of esters is 2. The van der Waals surface area contributed by atoms with Crippen LogP contribution in [0, 0.1) is 29.1 Å². The molecule has 0 aromatic heterocycles. The molecule has 8 atom stereocenters. The predicted molar refractivity (Wildman–Crippen MR) is 123 cm³/mol. The third-order valence-electron chi connectivity index (χ3n) is 9.08. The minimum absolute atomic E-state index is 0. The molecule has 0 aliphatic heterocycles. The Morgan fingerprint density at radius 1 is 1.15 bits per heavy atom. The second kappa shape index (κ2) is 7.73. The lowest BCUT2D eigenvalue weighted by Crippen LogP contribution is -2.66. The highest BCUT2D eigenvalue weighted by Crippen LogP contribution is 2.77. The van der Waals surface area contributed by atoms with Gasteiger partial charge in [0.1, 0.15) is 11.7 Å². The Morgan fingerprint density at radius 2 is 1.76 bits per heavy atom. The molecule has 8 nitrogen and oxygen atoms in total. The third kappa shape index (κ3) is 2.91. The van der Waals surface area contributed by atoms with E-state index < -0.39 is 69.7 Å². The number of aliphatic hydroxyl groups is 3. The molecule has 4 aliphatic carbocycles. The Kier molecular flexibility index (Phi) is 5.70. The van der Waals surface area contributed by atoms with Gasteiger partial charge in [-0.1, -0.05) is 46.8 Å². The summed E-state index contributed by atoms with van der Waals surface area (Å²) in [6.07, 6.45) is 2.51. The summed E-state index contributed by atoms with van der Waals surface area (Å²) in [5.74, 6) is -4.30. The number of hydrogen-bond donors (Lipinski definition) is 3. The van der Waals surface area contributed by atoms with Gasteiger partial charge in [-0.25, -0.2) is 0 Å². The molecule has 4 aliphatic rings. The van der Waals surface area contributed by atoms with E-state index >= 15 is 0 Å². The zero-order chi connectivity index (χ0) is 25.4. The van der Waals surface area contributed by atoms with Crippen LogP contribution in [0.4, 0.5) is 0 Å². The van der Waals surface area contributed by atoms with Gasteiger partial charge in [0.05, 0.1) is 12.2 Å². The standard InChI is InChI=1S/C26H36O8.H2/c1-7-18(28)33-22-14(4)25(32)16(20-23(5,6)26(20,22)34-19(29)8-2)10-15(12-27)11-24(31)17(25)9-13(3)21(24)30;/h9-10,14,16-17,20,22,27,31-32H,7-8,11-12H2,1-6H3;1H/t14-,16+,17-,20?,22-,24-,25-,26-;/m1./s1. The van der Waals surface area contributed by atoms with Crippen molar-refractivity contribution in [3.05, 3.63) is 23.3 Å². The van der Waals surface area contributed by atoms with E-state index in [0.29, 0.717) is 11.1 Å². The summed E-state index contributed by atoms with van der Waals surface area (Å²) in [5, 5.41) is 34.2. The number of ether oxygens (including phenoxy) is 2. The average Bonchev–Trinajstić information content (AvgIpc) is 3.22. The van der Waals surface area contributed by atoms with E-state index in [4.69, 9.17) is 9.47 Å². The molecule has 3 N–H and O–H groups in total. The van der Waals surface area contributed by atoms with E-state index in [1.165, 1.54) is 0 Å². The molecule has 8 heteroatoms. The summed E-state index contributed by atoms with van der Waals surface area (Å²) in [4.78, 5) is 38.2. The predicted octanol–water partition coefficient (Wildman–Crippen LogP) is 2.10. The number of rotatable bonds is 5.